The molecule has 11 heteroatoms. The predicted octanol–water partition coefficient (Wildman–Crippen LogP) is -1.63. The Labute approximate surface area is 164 Å². The summed E-state index contributed by atoms with van der Waals surface area (Å²) in [5, 5.41) is 14.4. The zero-order valence-corrected chi connectivity index (χ0v) is 15.6. The minimum absolute atomic E-state index is 0.141. The van der Waals surface area contributed by atoms with Gasteiger partial charge in [0, 0.05) is 18.3 Å². The van der Waals surface area contributed by atoms with Gasteiger partial charge in [0.05, 0.1) is 6.61 Å². The molecule has 1 atom stereocenters. The third-order valence-electron chi connectivity index (χ3n) is 4.24. The molecule has 2 heterocycles. The summed E-state index contributed by atoms with van der Waals surface area (Å²) in [5.41, 5.74) is -0.273. The molecule has 0 radical (unpaired) electrons. The number of ether oxygens (including phenoxy) is 2. The fraction of sp³-hybridized carbons (Fsp3) is 0.333. The number of carbonyl (C=O) groups is 2. The van der Waals surface area contributed by atoms with E-state index in [2.05, 4.69) is 15.6 Å². The van der Waals surface area contributed by atoms with Crippen molar-refractivity contribution in [1.82, 2.24) is 20.2 Å². The van der Waals surface area contributed by atoms with Crippen LogP contribution in [0.4, 0.5) is 0 Å². The van der Waals surface area contributed by atoms with Crippen molar-refractivity contribution in [3.63, 3.8) is 0 Å². The zero-order chi connectivity index (χ0) is 21.0. The van der Waals surface area contributed by atoms with Gasteiger partial charge in [0.2, 0.25) is 18.6 Å². The van der Waals surface area contributed by atoms with Crippen LogP contribution in [0.5, 0.6) is 11.5 Å². The number of carbonyl (C=O) groups excluding carboxylic acids is 2. The number of H-pyrrole nitrogens is 1. The highest BCUT2D eigenvalue weighted by Gasteiger charge is 2.21. The minimum atomic E-state index is -1.20. The molecular weight excluding hydrogens is 384 g/mol. The first kappa shape index (κ1) is 20.1. The van der Waals surface area contributed by atoms with E-state index in [9.17, 15) is 24.3 Å². The number of aryl methyl sites for hydroxylation is 1. The number of aliphatic hydroxyl groups is 1. The maximum Gasteiger partial charge on any atom is 0.328 e. The van der Waals surface area contributed by atoms with Crippen LogP contribution in [0.1, 0.15) is 11.1 Å². The molecule has 29 heavy (non-hydrogen) atoms. The van der Waals surface area contributed by atoms with E-state index in [0.717, 1.165) is 10.1 Å². The average Bonchev–Trinajstić information content (AvgIpc) is 3.16. The Morgan fingerprint density at radius 2 is 2.03 bits per heavy atom. The maximum absolute atomic E-state index is 12.3. The van der Waals surface area contributed by atoms with Gasteiger partial charge < -0.3 is 25.2 Å². The number of fused-ring (bicyclic) bond motifs is 1. The molecule has 2 aromatic rings. The number of benzene rings is 1. The molecule has 0 saturated carbocycles. The maximum atomic E-state index is 12.3. The summed E-state index contributed by atoms with van der Waals surface area (Å²) in [4.78, 5) is 49.6. The molecule has 3 rings (SSSR count). The Bertz CT molecular complexity index is 1040. The molecule has 0 aliphatic carbocycles. The van der Waals surface area contributed by atoms with Crippen molar-refractivity contribution in [3.8, 4) is 11.5 Å². The molecule has 2 amide bonds. The fourth-order valence-corrected chi connectivity index (χ4v) is 2.69. The van der Waals surface area contributed by atoms with E-state index < -0.39 is 42.3 Å². The van der Waals surface area contributed by atoms with Gasteiger partial charge in [0.15, 0.2) is 11.5 Å². The third-order valence-corrected chi connectivity index (χ3v) is 4.24. The van der Waals surface area contributed by atoms with Gasteiger partial charge in [-0.2, -0.15) is 0 Å². The van der Waals surface area contributed by atoms with E-state index in [0.29, 0.717) is 11.5 Å². The Balaban J connectivity index is 1.56. The number of nitrogens with zero attached hydrogens (tertiary/aromatic N) is 1. The monoisotopic (exact) mass is 404 g/mol. The van der Waals surface area contributed by atoms with E-state index in [1.165, 1.54) is 13.1 Å². The lowest BCUT2D eigenvalue weighted by Gasteiger charge is -2.17. The van der Waals surface area contributed by atoms with E-state index in [1.807, 2.05) is 0 Å². The second-order valence-corrected chi connectivity index (χ2v) is 6.41. The first-order valence-electron chi connectivity index (χ1n) is 8.74. The topological polar surface area (TPSA) is 152 Å². The van der Waals surface area contributed by atoms with E-state index in [1.54, 1.807) is 18.2 Å². The van der Waals surface area contributed by atoms with Crippen molar-refractivity contribution in [3.05, 3.63) is 56.4 Å². The number of nitrogens with one attached hydrogen (secondary N) is 3. The number of amides is 2. The van der Waals surface area contributed by atoms with Crippen LogP contribution >= 0.6 is 0 Å². The van der Waals surface area contributed by atoms with Crippen molar-refractivity contribution >= 4 is 11.8 Å². The summed E-state index contributed by atoms with van der Waals surface area (Å²) in [6.45, 7) is 0.746. The lowest BCUT2D eigenvalue weighted by molar-refractivity contribution is -0.130. The molecule has 0 fully saturated rings. The highest BCUT2D eigenvalue weighted by molar-refractivity contribution is 5.87. The summed E-state index contributed by atoms with van der Waals surface area (Å²) in [6, 6.07) is 4.00. The summed E-state index contributed by atoms with van der Waals surface area (Å²) in [6.07, 6.45) is 1.24. The third kappa shape index (κ3) is 4.82. The molecule has 1 aromatic heterocycles. The van der Waals surface area contributed by atoms with Gasteiger partial charge in [0.25, 0.3) is 5.56 Å². The number of hydrogen-bond acceptors (Lipinski definition) is 7. The molecule has 0 saturated heterocycles. The number of aromatic nitrogens is 2. The molecule has 1 aliphatic rings. The quantitative estimate of drug-likeness (QED) is 0.432. The van der Waals surface area contributed by atoms with Gasteiger partial charge in [-0.05, 0) is 24.6 Å². The van der Waals surface area contributed by atoms with Crippen LogP contribution in [0.2, 0.25) is 0 Å². The molecular formula is C18H20N4O7. The highest BCUT2D eigenvalue weighted by atomic mass is 16.7. The fourth-order valence-electron chi connectivity index (χ4n) is 2.69. The van der Waals surface area contributed by atoms with Crippen LogP contribution in [0.15, 0.2) is 34.0 Å². The van der Waals surface area contributed by atoms with Gasteiger partial charge in [-0.25, -0.2) is 4.79 Å². The van der Waals surface area contributed by atoms with E-state index >= 15 is 0 Å². The second kappa shape index (κ2) is 8.61. The molecule has 0 spiro atoms. The van der Waals surface area contributed by atoms with Crippen LogP contribution in [0.25, 0.3) is 0 Å². The zero-order valence-electron chi connectivity index (χ0n) is 15.6. The molecule has 11 nitrogen and oxygen atoms in total. The van der Waals surface area contributed by atoms with Crippen LogP contribution in [-0.4, -0.2) is 45.9 Å². The molecule has 4 N–H and O–H groups in total. The highest BCUT2D eigenvalue weighted by Crippen LogP contribution is 2.32. The van der Waals surface area contributed by atoms with Crippen LogP contribution < -0.4 is 31.4 Å². The number of aliphatic hydroxyl groups excluding tert-OH is 1. The number of aromatic amines is 1. The molecule has 1 aromatic carbocycles. The van der Waals surface area contributed by atoms with E-state index in [4.69, 9.17) is 9.47 Å². The summed E-state index contributed by atoms with van der Waals surface area (Å²) in [7, 11) is 0. The van der Waals surface area contributed by atoms with E-state index in [-0.39, 0.29) is 18.9 Å². The van der Waals surface area contributed by atoms with Crippen LogP contribution in [0.3, 0.4) is 0 Å². The van der Waals surface area contributed by atoms with Crippen molar-refractivity contribution in [2.75, 3.05) is 13.4 Å². The lowest BCUT2D eigenvalue weighted by Crippen LogP contribution is -2.50. The first-order chi connectivity index (χ1) is 13.9. The normalized spacial score (nSPS) is 13.0. The van der Waals surface area contributed by atoms with Crippen molar-refractivity contribution in [1.29, 1.82) is 0 Å². The standard InChI is InChI=1S/C18H20N4O7/c1-10-6-22(18(27)21-16(10)25)7-15(24)20-12(8-23)17(26)19-5-11-2-3-13-14(4-11)29-9-28-13/h2-4,6,12,23H,5,7-9H2,1H3,(H,19,26)(H,20,24)(H,21,25,27). The van der Waals surface area contributed by atoms with Crippen LogP contribution in [-0.2, 0) is 22.7 Å². The Kier molecular flexibility index (Phi) is 5.98. The second-order valence-electron chi connectivity index (χ2n) is 6.41. The first-order valence-corrected chi connectivity index (χ1v) is 8.74. The predicted molar refractivity (Wildman–Crippen MR) is 99.5 cm³/mol. The smallest absolute Gasteiger partial charge is 0.328 e. The summed E-state index contributed by atoms with van der Waals surface area (Å²) in [5.74, 6) is -0.0712. The van der Waals surface area contributed by atoms with Gasteiger partial charge >= 0.3 is 5.69 Å². The van der Waals surface area contributed by atoms with Crippen molar-refractivity contribution < 1.29 is 24.2 Å². The SMILES string of the molecule is Cc1cn(CC(=O)NC(CO)C(=O)NCc2ccc3c(c2)OCO3)c(=O)[nH]c1=O. The molecule has 154 valence electrons. The Morgan fingerprint density at radius 1 is 1.28 bits per heavy atom. The molecule has 1 aliphatic heterocycles. The van der Waals surface area contributed by atoms with Gasteiger partial charge in [0.1, 0.15) is 12.6 Å². The van der Waals surface area contributed by atoms with Gasteiger partial charge in [-0.15, -0.1) is 0 Å². The molecule has 0 bridgehead atoms. The Morgan fingerprint density at radius 3 is 2.79 bits per heavy atom. The Hall–Kier alpha value is -3.60. The largest absolute Gasteiger partial charge is 0.454 e. The van der Waals surface area contributed by atoms with Gasteiger partial charge in [-0.1, -0.05) is 6.07 Å². The minimum Gasteiger partial charge on any atom is -0.454 e. The molecule has 1 unspecified atom stereocenters. The summed E-state index contributed by atoms with van der Waals surface area (Å²) < 4.78 is 11.5. The lowest BCUT2D eigenvalue weighted by atomic mass is 10.2. The number of rotatable bonds is 7. The summed E-state index contributed by atoms with van der Waals surface area (Å²) >= 11 is 0. The average molecular weight is 404 g/mol. The van der Waals surface area contributed by atoms with Gasteiger partial charge in [-0.3, -0.25) is 23.9 Å². The van der Waals surface area contributed by atoms with Crippen molar-refractivity contribution in [2.24, 2.45) is 0 Å². The van der Waals surface area contributed by atoms with Crippen LogP contribution in [0, 0.1) is 6.92 Å². The van der Waals surface area contributed by atoms with Crippen molar-refractivity contribution in [2.45, 2.75) is 26.1 Å². The number of hydrogen-bond donors (Lipinski definition) is 4.